The Morgan fingerprint density at radius 1 is 0.769 bits per heavy atom. The van der Waals surface area contributed by atoms with Crippen molar-refractivity contribution in [3.8, 4) is 11.5 Å². The van der Waals surface area contributed by atoms with E-state index in [0.717, 1.165) is 36.6 Å². The molecule has 214 valence electrons. The number of nitrogens with zero attached hydrogens (tertiary/aromatic N) is 2. The van der Waals surface area contributed by atoms with Crippen molar-refractivity contribution in [2.75, 3.05) is 25.2 Å². The summed E-state index contributed by atoms with van der Waals surface area (Å²) in [5.74, 6) is 1.67. The van der Waals surface area contributed by atoms with Gasteiger partial charge in [0.05, 0.1) is 13.2 Å². The largest absolute Gasteiger partial charge is 0.493 e. The Morgan fingerprint density at radius 3 is 2.05 bits per heavy atom. The summed E-state index contributed by atoms with van der Waals surface area (Å²) in [5.41, 5.74) is 4.63. The van der Waals surface area contributed by atoms with Gasteiger partial charge in [0.25, 0.3) is 0 Å². The van der Waals surface area contributed by atoms with Crippen molar-refractivity contribution in [1.82, 2.24) is 0 Å². The number of allylic oxidation sites excluding steroid dienone is 2. The molecule has 0 aromatic heterocycles. The molecule has 0 amide bonds. The molecule has 0 fully saturated rings. The maximum atomic E-state index is 6.27. The number of aliphatic imine (C=N–C) groups is 1. The van der Waals surface area contributed by atoms with E-state index in [-0.39, 0.29) is 5.41 Å². The predicted octanol–water partition coefficient (Wildman–Crippen LogP) is 10.2. The number of para-hydroxylation sites is 1. The van der Waals surface area contributed by atoms with E-state index in [9.17, 15) is 0 Å². The first-order valence-corrected chi connectivity index (χ1v) is 15.5. The zero-order chi connectivity index (χ0) is 27.9. The standard InChI is InChI=1S/C35H52N2O2/c1-6-8-10-12-14-18-26-38-29-22-23-31(33(28-29)39-27-19-15-13-11-9-7-2)36-25-24-34-35(3,4)30-20-16-17-21-32(30)37(34)5/h16-17,20-25,28H,6-15,18-19,26-27H2,1-5H3. The van der Waals surface area contributed by atoms with Crippen molar-refractivity contribution >= 4 is 17.6 Å². The molecule has 2 aromatic rings. The Hall–Kier alpha value is -2.75. The summed E-state index contributed by atoms with van der Waals surface area (Å²) in [6, 6.07) is 14.7. The Labute approximate surface area is 238 Å². The topological polar surface area (TPSA) is 34.1 Å². The molecule has 39 heavy (non-hydrogen) atoms. The van der Waals surface area contributed by atoms with Gasteiger partial charge in [-0.15, -0.1) is 0 Å². The molecule has 0 saturated heterocycles. The van der Waals surface area contributed by atoms with Gasteiger partial charge in [-0.1, -0.05) is 110 Å². The van der Waals surface area contributed by atoms with Gasteiger partial charge >= 0.3 is 0 Å². The number of benzene rings is 2. The van der Waals surface area contributed by atoms with Gasteiger partial charge in [0.1, 0.15) is 17.2 Å². The molecule has 0 saturated carbocycles. The fourth-order valence-corrected chi connectivity index (χ4v) is 5.43. The molecule has 1 aliphatic rings. The lowest BCUT2D eigenvalue weighted by molar-refractivity contribution is 0.290. The number of anilines is 1. The highest BCUT2D eigenvalue weighted by Gasteiger charge is 2.37. The van der Waals surface area contributed by atoms with Crippen LogP contribution in [0.5, 0.6) is 11.5 Å². The van der Waals surface area contributed by atoms with Gasteiger partial charge in [-0.2, -0.15) is 0 Å². The summed E-state index contributed by atoms with van der Waals surface area (Å²) in [6.45, 7) is 10.5. The Balaban J connectivity index is 1.65. The molecule has 0 N–H and O–H groups in total. The van der Waals surface area contributed by atoms with Crippen molar-refractivity contribution in [3.05, 3.63) is 59.8 Å². The first-order valence-electron chi connectivity index (χ1n) is 15.5. The van der Waals surface area contributed by atoms with Gasteiger partial charge < -0.3 is 14.4 Å². The van der Waals surface area contributed by atoms with E-state index in [1.807, 2.05) is 24.4 Å². The summed E-state index contributed by atoms with van der Waals surface area (Å²) >= 11 is 0. The minimum absolute atomic E-state index is 0.0668. The third-order valence-corrected chi connectivity index (χ3v) is 7.84. The van der Waals surface area contributed by atoms with Crippen LogP contribution >= 0.6 is 0 Å². The monoisotopic (exact) mass is 532 g/mol. The lowest BCUT2D eigenvalue weighted by Gasteiger charge is -2.23. The van der Waals surface area contributed by atoms with Crippen molar-refractivity contribution in [2.45, 2.75) is 110 Å². The van der Waals surface area contributed by atoms with Crippen LogP contribution in [0.25, 0.3) is 0 Å². The number of hydrogen-bond donors (Lipinski definition) is 0. The zero-order valence-corrected chi connectivity index (χ0v) is 25.3. The first-order chi connectivity index (χ1) is 19.0. The molecule has 0 atom stereocenters. The normalized spacial score (nSPS) is 15.3. The van der Waals surface area contributed by atoms with Crippen LogP contribution in [0.4, 0.5) is 11.4 Å². The molecule has 1 heterocycles. The Bertz CT molecular complexity index is 1060. The van der Waals surface area contributed by atoms with Crippen molar-refractivity contribution in [1.29, 1.82) is 0 Å². The molecule has 0 bridgehead atoms. The lowest BCUT2D eigenvalue weighted by Crippen LogP contribution is -2.23. The second-order valence-corrected chi connectivity index (χ2v) is 11.4. The van der Waals surface area contributed by atoms with Gasteiger partial charge in [-0.25, -0.2) is 0 Å². The molecule has 2 aromatic carbocycles. The average Bonchev–Trinajstić information content (AvgIpc) is 3.13. The predicted molar refractivity (Wildman–Crippen MR) is 168 cm³/mol. The van der Waals surface area contributed by atoms with Crippen LogP contribution in [0.2, 0.25) is 0 Å². The SMILES string of the molecule is CCCCCCCCOc1ccc(N=CC=C2N(C)c3ccccc3C2(C)C)c(OCCCCCCCC)c1. The number of fused-ring (bicyclic) bond motifs is 1. The molecular weight excluding hydrogens is 480 g/mol. The Kier molecular flexibility index (Phi) is 12.9. The second kappa shape index (κ2) is 16.4. The maximum absolute atomic E-state index is 6.27. The van der Waals surface area contributed by atoms with Crippen LogP contribution < -0.4 is 14.4 Å². The van der Waals surface area contributed by atoms with Gasteiger partial charge in [-0.3, -0.25) is 4.99 Å². The van der Waals surface area contributed by atoms with E-state index in [4.69, 9.17) is 14.5 Å². The number of hydrogen-bond acceptors (Lipinski definition) is 4. The molecule has 0 aliphatic carbocycles. The summed E-state index contributed by atoms with van der Waals surface area (Å²) in [5, 5.41) is 0. The number of ether oxygens (including phenoxy) is 2. The minimum atomic E-state index is -0.0668. The summed E-state index contributed by atoms with van der Waals surface area (Å²) < 4.78 is 12.4. The van der Waals surface area contributed by atoms with Crippen LogP contribution in [0.3, 0.4) is 0 Å². The number of rotatable bonds is 18. The fraction of sp³-hybridized carbons (Fsp3) is 0.571. The minimum Gasteiger partial charge on any atom is -0.493 e. The van der Waals surface area contributed by atoms with Crippen LogP contribution in [-0.2, 0) is 5.41 Å². The third-order valence-electron chi connectivity index (χ3n) is 7.84. The molecule has 3 rings (SSSR count). The summed E-state index contributed by atoms with van der Waals surface area (Å²) in [4.78, 5) is 7.12. The van der Waals surface area contributed by atoms with Gasteiger partial charge in [0.15, 0.2) is 0 Å². The highest BCUT2D eigenvalue weighted by Crippen LogP contribution is 2.46. The van der Waals surface area contributed by atoms with E-state index >= 15 is 0 Å². The second-order valence-electron chi connectivity index (χ2n) is 11.4. The highest BCUT2D eigenvalue weighted by molar-refractivity contribution is 5.81. The van der Waals surface area contributed by atoms with E-state index in [1.165, 1.54) is 81.2 Å². The van der Waals surface area contributed by atoms with Gasteiger partial charge in [0, 0.05) is 36.1 Å². The molecule has 0 radical (unpaired) electrons. The lowest BCUT2D eigenvalue weighted by atomic mass is 9.84. The molecule has 1 aliphatic heterocycles. The van der Waals surface area contributed by atoms with E-state index in [1.54, 1.807) is 0 Å². The van der Waals surface area contributed by atoms with E-state index in [2.05, 4.69) is 70.0 Å². The van der Waals surface area contributed by atoms with Crippen LogP contribution in [0, 0.1) is 0 Å². The van der Waals surface area contributed by atoms with Gasteiger partial charge in [0.2, 0.25) is 0 Å². The molecule has 4 nitrogen and oxygen atoms in total. The van der Waals surface area contributed by atoms with Crippen molar-refractivity contribution in [3.63, 3.8) is 0 Å². The zero-order valence-electron chi connectivity index (χ0n) is 25.3. The van der Waals surface area contributed by atoms with Crippen LogP contribution in [0.1, 0.15) is 110 Å². The molecule has 0 spiro atoms. The summed E-state index contributed by atoms with van der Waals surface area (Å²) in [7, 11) is 2.14. The van der Waals surface area contributed by atoms with Crippen LogP contribution in [-0.4, -0.2) is 26.5 Å². The van der Waals surface area contributed by atoms with E-state index in [0.29, 0.717) is 6.61 Å². The number of unbranched alkanes of at least 4 members (excludes halogenated alkanes) is 10. The highest BCUT2D eigenvalue weighted by atomic mass is 16.5. The molecule has 0 unspecified atom stereocenters. The molecular formula is C35H52N2O2. The third kappa shape index (κ3) is 9.15. The average molecular weight is 533 g/mol. The fourth-order valence-electron chi connectivity index (χ4n) is 5.43. The number of likely N-dealkylation sites (N-methyl/N-ethyl adjacent to an activating group) is 1. The Morgan fingerprint density at radius 2 is 1.38 bits per heavy atom. The smallest absolute Gasteiger partial charge is 0.148 e. The van der Waals surface area contributed by atoms with Crippen LogP contribution in [0.15, 0.2) is 59.2 Å². The summed E-state index contributed by atoms with van der Waals surface area (Å²) in [6.07, 6.45) is 19.1. The van der Waals surface area contributed by atoms with E-state index < -0.39 is 0 Å². The molecule has 4 heteroatoms. The maximum Gasteiger partial charge on any atom is 0.148 e. The van der Waals surface area contributed by atoms with Crippen molar-refractivity contribution in [2.24, 2.45) is 4.99 Å². The quantitative estimate of drug-likeness (QED) is 0.141. The first kappa shape index (κ1) is 30.8. The van der Waals surface area contributed by atoms with Crippen molar-refractivity contribution < 1.29 is 9.47 Å². The van der Waals surface area contributed by atoms with Gasteiger partial charge in [-0.05, 0) is 42.7 Å².